The fourth-order valence-corrected chi connectivity index (χ4v) is 4.69. The Hall–Kier alpha value is -2.24. The maximum atomic E-state index is 12.7. The lowest BCUT2D eigenvalue weighted by molar-refractivity contribution is -0.133. The molecule has 1 aliphatic rings. The van der Waals surface area contributed by atoms with Gasteiger partial charge in [0.2, 0.25) is 5.91 Å². The summed E-state index contributed by atoms with van der Waals surface area (Å²) in [6, 6.07) is 2.26. The zero-order valence-electron chi connectivity index (χ0n) is 16.9. The van der Waals surface area contributed by atoms with Crippen LogP contribution >= 0.6 is 11.3 Å². The van der Waals surface area contributed by atoms with Gasteiger partial charge in [0.25, 0.3) is 5.56 Å². The Bertz CT molecular complexity index is 963. The second kappa shape index (κ2) is 8.41. The van der Waals surface area contributed by atoms with E-state index in [1.54, 1.807) is 10.9 Å². The second-order valence-corrected chi connectivity index (χ2v) is 8.89. The molecule has 7 nitrogen and oxygen atoms in total. The lowest BCUT2D eigenvalue weighted by Crippen LogP contribution is -2.53. The summed E-state index contributed by atoms with van der Waals surface area (Å²) in [4.78, 5) is 35.6. The highest BCUT2D eigenvalue weighted by Crippen LogP contribution is 2.25. The minimum atomic E-state index is -0.106. The van der Waals surface area contributed by atoms with Crippen molar-refractivity contribution in [2.45, 2.75) is 46.7 Å². The Labute approximate surface area is 169 Å². The van der Waals surface area contributed by atoms with Gasteiger partial charge in [0, 0.05) is 44.0 Å². The predicted octanol–water partition coefficient (Wildman–Crippen LogP) is 2.16. The number of amides is 1. The number of fused-ring (bicyclic) bond motifs is 1. The summed E-state index contributed by atoms with van der Waals surface area (Å²) in [5.41, 5.74) is 0.907. The molecule has 0 spiro atoms. The van der Waals surface area contributed by atoms with E-state index in [1.807, 2.05) is 32.6 Å². The zero-order chi connectivity index (χ0) is 20.4. The van der Waals surface area contributed by atoms with E-state index in [0.717, 1.165) is 15.3 Å². The van der Waals surface area contributed by atoms with Crippen LogP contribution in [0.1, 0.15) is 30.7 Å². The van der Waals surface area contributed by atoms with Crippen LogP contribution < -0.4 is 5.56 Å². The van der Waals surface area contributed by atoms with Crippen LogP contribution in [0.5, 0.6) is 0 Å². The first-order valence-corrected chi connectivity index (χ1v) is 10.5. The molecule has 3 rings (SSSR count). The number of rotatable bonds is 5. The van der Waals surface area contributed by atoms with Crippen molar-refractivity contribution >= 4 is 27.5 Å². The molecule has 0 aliphatic carbocycles. The number of carbonyl (C=O) groups excluding carboxylic acids is 1. The van der Waals surface area contributed by atoms with Gasteiger partial charge in [0.15, 0.2) is 0 Å². The van der Waals surface area contributed by atoms with Gasteiger partial charge in [-0.1, -0.05) is 13.8 Å². The van der Waals surface area contributed by atoms with Crippen molar-refractivity contribution in [3.63, 3.8) is 0 Å². The SMILES string of the molecule is Cc1sc2ncn(CCC(=O)N3CCN(C(C#N)C(C)C)CC3)c(=O)c2c1C. The van der Waals surface area contributed by atoms with Crippen LogP contribution in [0.15, 0.2) is 11.1 Å². The number of thiophene rings is 1. The smallest absolute Gasteiger partial charge is 0.262 e. The molecule has 150 valence electrons. The van der Waals surface area contributed by atoms with Crippen LogP contribution in [0.4, 0.5) is 0 Å². The standard InChI is InChI=1S/C20H27N5O2S/c1-13(2)16(11-21)23-7-9-24(10-8-23)17(26)5-6-25-12-22-19-18(20(25)27)14(3)15(4)28-19/h12-13,16H,5-10H2,1-4H3. The van der Waals surface area contributed by atoms with Gasteiger partial charge in [-0.2, -0.15) is 5.26 Å². The third kappa shape index (κ3) is 3.96. The zero-order valence-corrected chi connectivity index (χ0v) is 17.8. The van der Waals surface area contributed by atoms with E-state index in [4.69, 9.17) is 0 Å². The predicted molar refractivity (Wildman–Crippen MR) is 110 cm³/mol. The number of aryl methyl sites for hydroxylation is 3. The van der Waals surface area contributed by atoms with E-state index in [2.05, 4.69) is 16.0 Å². The van der Waals surface area contributed by atoms with Gasteiger partial charge >= 0.3 is 0 Å². The molecule has 8 heteroatoms. The molecule has 0 radical (unpaired) electrons. The number of hydrogen-bond donors (Lipinski definition) is 0. The molecule has 1 aliphatic heterocycles. The van der Waals surface area contributed by atoms with Crippen LogP contribution in [0.25, 0.3) is 10.2 Å². The average molecular weight is 402 g/mol. The molecular formula is C20H27N5O2S. The molecule has 0 N–H and O–H groups in total. The molecule has 0 saturated carbocycles. The molecule has 0 aromatic carbocycles. The highest BCUT2D eigenvalue weighted by atomic mass is 32.1. The van der Waals surface area contributed by atoms with Gasteiger partial charge in [-0.05, 0) is 25.3 Å². The summed E-state index contributed by atoms with van der Waals surface area (Å²) < 4.78 is 1.54. The van der Waals surface area contributed by atoms with Crippen molar-refractivity contribution in [1.82, 2.24) is 19.4 Å². The van der Waals surface area contributed by atoms with Gasteiger partial charge in [0.05, 0.1) is 17.8 Å². The largest absolute Gasteiger partial charge is 0.340 e. The number of aromatic nitrogens is 2. The number of carbonyl (C=O) groups is 1. The van der Waals surface area contributed by atoms with Gasteiger partial charge < -0.3 is 4.90 Å². The molecule has 1 saturated heterocycles. The Balaban J connectivity index is 1.60. The fraction of sp³-hybridized carbons (Fsp3) is 0.600. The fourth-order valence-electron chi connectivity index (χ4n) is 3.71. The molecule has 28 heavy (non-hydrogen) atoms. The summed E-state index contributed by atoms with van der Waals surface area (Å²) in [6.45, 7) is 11.0. The highest BCUT2D eigenvalue weighted by molar-refractivity contribution is 7.18. The maximum Gasteiger partial charge on any atom is 0.262 e. The van der Waals surface area contributed by atoms with Gasteiger partial charge in [-0.25, -0.2) is 4.98 Å². The minimum Gasteiger partial charge on any atom is -0.340 e. The van der Waals surface area contributed by atoms with Gasteiger partial charge in [-0.15, -0.1) is 11.3 Å². The minimum absolute atomic E-state index is 0.0444. The van der Waals surface area contributed by atoms with E-state index >= 15 is 0 Å². The molecule has 2 aromatic heterocycles. The van der Waals surface area contributed by atoms with Crippen molar-refractivity contribution in [2.75, 3.05) is 26.2 Å². The summed E-state index contributed by atoms with van der Waals surface area (Å²) in [5, 5.41) is 10.0. The lowest BCUT2D eigenvalue weighted by atomic mass is 10.0. The molecule has 1 unspecified atom stereocenters. The van der Waals surface area contributed by atoms with Crippen LogP contribution in [0.2, 0.25) is 0 Å². The van der Waals surface area contributed by atoms with Crippen LogP contribution in [-0.2, 0) is 11.3 Å². The number of hydrogen-bond acceptors (Lipinski definition) is 6. The average Bonchev–Trinajstić information content (AvgIpc) is 2.96. The van der Waals surface area contributed by atoms with Crippen LogP contribution in [0, 0.1) is 31.1 Å². The Kier molecular flexibility index (Phi) is 6.16. The van der Waals surface area contributed by atoms with Crippen molar-refractivity contribution in [2.24, 2.45) is 5.92 Å². The molecule has 2 aromatic rings. The van der Waals surface area contributed by atoms with E-state index < -0.39 is 0 Å². The number of nitrogens with zero attached hydrogens (tertiary/aromatic N) is 5. The van der Waals surface area contributed by atoms with Crippen LogP contribution in [-0.4, -0.2) is 57.5 Å². The van der Waals surface area contributed by atoms with Crippen molar-refractivity contribution in [3.05, 3.63) is 27.1 Å². The molecule has 1 atom stereocenters. The first kappa shape index (κ1) is 20.5. The molecule has 1 amide bonds. The van der Waals surface area contributed by atoms with Crippen molar-refractivity contribution < 1.29 is 4.79 Å². The monoisotopic (exact) mass is 401 g/mol. The second-order valence-electron chi connectivity index (χ2n) is 7.69. The Morgan fingerprint density at radius 3 is 2.57 bits per heavy atom. The van der Waals surface area contributed by atoms with Crippen molar-refractivity contribution in [1.29, 1.82) is 5.26 Å². The lowest BCUT2D eigenvalue weighted by Gasteiger charge is -2.38. The summed E-state index contributed by atoms with van der Waals surface area (Å²) in [6.07, 6.45) is 1.83. The third-order valence-electron chi connectivity index (χ3n) is 5.55. The number of nitriles is 1. The first-order valence-electron chi connectivity index (χ1n) is 9.70. The summed E-state index contributed by atoms with van der Waals surface area (Å²) >= 11 is 1.53. The summed E-state index contributed by atoms with van der Waals surface area (Å²) in [7, 11) is 0. The van der Waals surface area contributed by atoms with E-state index in [9.17, 15) is 14.9 Å². The normalized spacial score (nSPS) is 16.5. The van der Waals surface area contributed by atoms with Crippen molar-refractivity contribution in [3.8, 4) is 6.07 Å². The molecule has 1 fully saturated rings. The molecule has 3 heterocycles. The third-order valence-corrected chi connectivity index (χ3v) is 6.66. The summed E-state index contributed by atoms with van der Waals surface area (Å²) in [5.74, 6) is 0.314. The topological polar surface area (TPSA) is 82.2 Å². The first-order chi connectivity index (χ1) is 13.3. The quantitative estimate of drug-likeness (QED) is 0.767. The van der Waals surface area contributed by atoms with Gasteiger partial charge in [-0.3, -0.25) is 19.1 Å². The van der Waals surface area contributed by atoms with Crippen LogP contribution in [0.3, 0.4) is 0 Å². The highest BCUT2D eigenvalue weighted by Gasteiger charge is 2.27. The van der Waals surface area contributed by atoms with Gasteiger partial charge in [0.1, 0.15) is 10.9 Å². The Morgan fingerprint density at radius 2 is 1.96 bits per heavy atom. The Morgan fingerprint density at radius 1 is 1.29 bits per heavy atom. The van der Waals surface area contributed by atoms with E-state index in [-0.39, 0.29) is 29.8 Å². The molecular weight excluding hydrogens is 374 g/mol. The molecule has 0 bridgehead atoms. The van der Waals surface area contributed by atoms with E-state index in [0.29, 0.717) is 38.1 Å². The maximum absolute atomic E-state index is 12.7. The van der Waals surface area contributed by atoms with E-state index in [1.165, 1.54) is 11.3 Å². The number of piperazine rings is 1.